The zero-order chi connectivity index (χ0) is 23.5. The second-order valence-corrected chi connectivity index (χ2v) is 7.11. The minimum atomic E-state index is -1.21. The smallest absolute Gasteiger partial charge is 0.326 e. The Bertz CT molecular complexity index is 943. The van der Waals surface area contributed by atoms with Crippen LogP contribution in [0.1, 0.15) is 28.8 Å². The maximum absolute atomic E-state index is 12.9. The molecule has 170 valence electrons. The Hall–Kier alpha value is -4.08. The van der Waals surface area contributed by atoms with Crippen molar-refractivity contribution in [3.8, 4) is 5.75 Å². The molecule has 0 spiro atoms. The highest BCUT2D eigenvalue weighted by atomic mass is 16.4. The van der Waals surface area contributed by atoms with E-state index >= 15 is 0 Å². The molecule has 8 N–H and O–H groups in total. The van der Waals surface area contributed by atoms with Crippen LogP contribution >= 0.6 is 0 Å². The summed E-state index contributed by atoms with van der Waals surface area (Å²) in [7, 11) is 0. The van der Waals surface area contributed by atoms with E-state index in [9.17, 15) is 24.6 Å². The lowest BCUT2D eigenvalue weighted by atomic mass is 10.0. The summed E-state index contributed by atoms with van der Waals surface area (Å²) in [5.74, 6) is -2.35. The van der Waals surface area contributed by atoms with Crippen LogP contribution in [0.5, 0.6) is 5.75 Å². The third-order valence-electron chi connectivity index (χ3n) is 4.59. The maximum Gasteiger partial charge on any atom is 0.326 e. The molecule has 2 aromatic carbocycles. The number of amides is 2. The number of carbonyl (C=O) groups is 3. The molecule has 2 atom stereocenters. The van der Waals surface area contributed by atoms with Gasteiger partial charge in [0, 0.05) is 18.5 Å². The highest BCUT2D eigenvalue weighted by Crippen LogP contribution is 2.12. The van der Waals surface area contributed by atoms with Crippen LogP contribution in [0.15, 0.2) is 59.6 Å². The molecule has 2 rings (SSSR count). The predicted molar refractivity (Wildman–Crippen MR) is 119 cm³/mol. The van der Waals surface area contributed by atoms with E-state index in [2.05, 4.69) is 15.6 Å². The first-order valence-corrected chi connectivity index (χ1v) is 9.98. The molecule has 0 aliphatic rings. The van der Waals surface area contributed by atoms with Crippen molar-refractivity contribution < 1.29 is 24.6 Å². The summed E-state index contributed by atoms with van der Waals surface area (Å²) >= 11 is 0. The number of carbonyl (C=O) groups excluding carboxylic acids is 2. The average molecular weight is 441 g/mol. The monoisotopic (exact) mass is 441 g/mol. The van der Waals surface area contributed by atoms with Gasteiger partial charge in [0.1, 0.15) is 17.8 Å². The van der Waals surface area contributed by atoms with Crippen molar-refractivity contribution in [3.05, 3.63) is 65.7 Å². The van der Waals surface area contributed by atoms with Crippen LogP contribution in [0.3, 0.4) is 0 Å². The second-order valence-electron chi connectivity index (χ2n) is 7.11. The highest BCUT2D eigenvalue weighted by molar-refractivity contribution is 5.98. The molecule has 2 aromatic rings. The molecule has 0 radical (unpaired) electrons. The molecule has 0 unspecified atom stereocenters. The fourth-order valence-corrected chi connectivity index (χ4v) is 2.94. The number of benzene rings is 2. The normalized spacial score (nSPS) is 12.2. The molecule has 0 heterocycles. The number of guanidine groups is 1. The number of phenols is 1. The van der Waals surface area contributed by atoms with Crippen LogP contribution in [0.25, 0.3) is 0 Å². The number of aliphatic carboxylic acids is 1. The van der Waals surface area contributed by atoms with E-state index < -0.39 is 29.9 Å². The number of aromatic hydroxyl groups is 1. The van der Waals surface area contributed by atoms with Gasteiger partial charge >= 0.3 is 5.97 Å². The van der Waals surface area contributed by atoms with Crippen molar-refractivity contribution >= 4 is 23.7 Å². The number of phenolic OH excluding ortho intramolecular Hbond substituents is 1. The van der Waals surface area contributed by atoms with Crippen molar-refractivity contribution in [2.45, 2.75) is 31.3 Å². The molecule has 0 aliphatic carbocycles. The summed E-state index contributed by atoms with van der Waals surface area (Å²) in [6, 6.07) is 12.3. The largest absolute Gasteiger partial charge is 0.508 e. The number of hydrogen-bond donors (Lipinski definition) is 6. The van der Waals surface area contributed by atoms with Crippen LogP contribution in [0.4, 0.5) is 0 Å². The van der Waals surface area contributed by atoms with Gasteiger partial charge in [0.15, 0.2) is 5.96 Å². The number of nitrogens with one attached hydrogen (secondary N) is 2. The van der Waals surface area contributed by atoms with Gasteiger partial charge in [0.2, 0.25) is 5.91 Å². The van der Waals surface area contributed by atoms with Crippen LogP contribution in [-0.4, -0.2) is 52.6 Å². The average Bonchev–Trinajstić information content (AvgIpc) is 2.76. The lowest BCUT2D eigenvalue weighted by molar-refractivity contribution is -0.142. The van der Waals surface area contributed by atoms with E-state index in [1.54, 1.807) is 42.5 Å². The van der Waals surface area contributed by atoms with E-state index in [1.807, 2.05) is 0 Å². The Balaban J connectivity index is 2.13. The summed E-state index contributed by atoms with van der Waals surface area (Å²) in [6.07, 6.45) is 0.551. The molecule has 0 bridgehead atoms. The van der Waals surface area contributed by atoms with Gasteiger partial charge in [0.05, 0.1) is 0 Å². The zero-order valence-corrected chi connectivity index (χ0v) is 17.4. The fraction of sp³-hybridized carbons (Fsp3) is 0.273. The first-order valence-electron chi connectivity index (χ1n) is 9.98. The van der Waals surface area contributed by atoms with Crippen molar-refractivity contribution in [2.24, 2.45) is 16.5 Å². The van der Waals surface area contributed by atoms with Crippen LogP contribution < -0.4 is 22.1 Å². The number of aliphatic imine (C=N–C) groups is 1. The van der Waals surface area contributed by atoms with Gasteiger partial charge in [-0.3, -0.25) is 14.6 Å². The molecule has 0 saturated carbocycles. The number of carboxylic acids is 1. The Kier molecular flexibility index (Phi) is 9.03. The molecule has 2 amide bonds. The fourth-order valence-electron chi connectivity index (χ4n) is 2.94. The molecule has 10 nitrogen and oxygen atoms in total. The number of rotatable bonds is 11. The van der Waals surface area contributed by atoms with Crippen LogP contribution in [-0.2, 0) is 16.0 Å². The van der Waals surface area contributed by atoms with E-state index in [1.165, 1.54) is 12.1 Å². The molecule has 0 aromatic heterocycles. The Morgan fingerprint density at radius 2 is 1.59 bits per heavy atom. The van der Waals surface area contributed by atoms with Gasteiger partial charge in [-0.1, -0.05) is 30.3 Å². The van der Waals surface area contributed by atoms with Crippen LogP contribution in [0.2, 0.25) is 0 Å². The molecule has 32 heavy (non-hydrogen) atoms. The van der Waals surface area contributed by atoms with Crippen molar-refractivity contribution in [1.82, 2.24) is 10.6 Å². The Morgan fingerprint density at radius 3 is 2.19 bits per heavy atom. The Labute approximate surface area is 185 Å². The van der Waals surface area contributed by atoms with Gasteiger partial charge in [-0.25, -0.2) is 4.79 Å². The Morgan fingerprint density at radius 1 is 0.938 bits per heavy atom. The first kappa shape index (κ1) is 24.2. The van der Waals surface area contributed by atoms with Gasteiger partial charge in [-0.2, -0.15) is 0 Å². The van der Waals surface area contributed by atoms with E-state index in [-0.39, 0.29) is 31.1 Å². The third kappa shape index (κ3) is 7.98. The standard InChI is InChI=1S/C22H27N5O5/c23-22(24)25-12-4-7-17(21(31)32)26-20(30)18(13-14-8-10-16(28)11-9-14)27-19(29)15-5-2-1-3-6-15/h1-3,5-6,8-11,17-18,28H,4,7,12-13H2,(H,26,30)(H,27,29)(H,31,32)(H4,23,24,25)/t17-,18-/m0/s1. The number of nitrogens with zero attached hydrogens (tertiary/aromatic N) is 1. The molecular formula is C22H27N5O5. The number of nitrogens with two attached hydrogens (primary N) is 2. The molecule has 0 saturated heterocycles. The summed E-state index contributed by atoms with van der Waals surface area (Å²) in [4.78, 5) is 40.9. The SMILES string of the molecule is NC(N)=NCCC[C@H](NC(=O)[C@H](Cc1ccc(O)cc1)NC(=O)c1ccccc1)C(=O)O. The maximum atomic E-state index is 12.9. The van der Waals surface area contributed by atoms with E-state index in [0.29, 0.717) is 17.5 Å². The highest BCUT2D eigenvalue weighted by Gasteiger charge is 2.27. The summed E-state index contributed by atoms with van der Waals surface area (Å²) in [5, 5.41) is 24.1. The predicted octanol–water partition coefficient (Wildman–Crippen LogP) is 0.356. The van der Waals surface area contributed by atoms with Gasteiger partial charge in [-0.15, -0.1) is 0 Å². The molecule has 0 fully saturated rings. The minimum Gasteiger partial charge on any atom is -0.508 e. The van der Waals surface area contributed by atoms with E-state index in [0.717, 1.165) is 0 Å². The topological polar surface area (TPSA) is 180 Å². The molecule has 0 aliphatic heterocycles. The van der Waals surface area contributed by atoms with Gasteiger partial charge in [0.25, 0.3) is 5.91 Å². The molecule has 10 heteroatoms. The van der Waals surface area contributed by atoms with Gasteiger partial charge in [-0.05, 0) is 42.7 Å². The van der Waals surface area contributed by atoms with Crippen molar-refractivity contribution in [2.75, 3.05) is 6.54 Å². The number of carboxylic acid groups (broad SMARTS) is 1. The lowest BCUT2D eigenvalue weighted by Crippen LogP contribution is -2.52. The molecular weight excluding hydrogens is 414 g/mol. The summed E-state index contributed by atoms with van der Waals surface area (Å²) < 4.78 is 0. The lowest BCUT2D eigenvalue weighted by Gasteiger charge is -2.22. The second kappa shape index (κ2) is 11.9. The quantitative estimate of drug-likeness (QED) is 0.165. The zero-order valence-electron chi connectivity index (χ0n) is 17.4. The summed E-state index contributed by atoms with van der Waals surface area (Å²) in [6.45, 7) is 0.226. The first-order chi connectivity index (χ1) is 15.3. The third-order valence-corrected chi connectivity index (χ3v) is 4.59. The van der Waals surface area contributed by atoms with Crippen LogP contribution in [0, 0.1) is 0 Å². The van der Waals surface area contributed by atoms with E-state index in [4.69, 9.17) is 11.5 Å². The van der Waals surface area contributed by atoms with Crippen molar-refractivity contribution in [1.29, 1.82) is 0 Å². The number of hydrogen-bond acceptors (Lipinski definition) is 5. The van der Waals surface area contributed by atoms with Crippen molar-refractivity contribution in [3.63, 3.8) is 0 Å². The minimum absolute atomic E-state index is 0.0646. The van der Waals surface area contributed by atoms with Gasteiger partial charge < -0.3 is 32.3 Å². The summed E-state index contributed by atoms with van der Waals surface area (Å²) in [5.41, 5.74) is 11.5.